The Balaban J connectivity index is 2.38. The number of hydrogen-bond acceptors (Lipinski definition) is 1. The van der Waals surface area contributed by atoms with E-state index in [0.717, 1.165) is 12.1 Å². The van der Waals surface area contributed by atoms with Gasteiger partial charge in [0.05, 0.1) is 0 Å². The highest BCUT2D eigenvalue weighted by atomic mass is 16.2. The Morgan fingerprint density at radius 1 is 1.40 bits per heavy atom. The van der Waals surface area contributed by atoms with Crippen LogP contribution in [0.25, 0.3) is 0 Å². The first-order valence-corrected chi connectivity index (χ1v) is 5.52. The molecule has 2 heteroatoms. The molecule has 1 aromatic rings. The lowest BCUT2D eigenvalue weighted by atomic mass is 10.1. The van der Waals surface area contributed by atoms with Gasteiger partial charge in [-0.2, -0.15) is 0 Å². The van der Waals surface area contributed by atoms with E-state index in [0.29, 0.717) is 6.04 Å². The van der Waals surface area contributed by atoms with Gasteiger partial charge in [-0.15, -0.1) is 0 Å². The van der Waals surface area contributed by atoms with Gasteiger partial charge < -0.3 is 4.90 Å². The first-order chi connectivity index (χ1) is 7.11. The van der Waals surface area contributed by atoms with E-state index in [2.05, 4.69) is 13.0 Å². The number of nitrogens with zero attached hydrogens (tertiary/aromatic N) is 1. The van der Waals surface area contributed by atoms with Gasteiger partial charge in [0.15, 0.2) is 0 Å². The molecule has 1 atom stereocenters. The van der Waals surface area contributed by atoms with E-state index in [-0.39, 0.29) is 11.8 Å². The summed E-state index contributed by atoms with van der Waals surface area (Å²) in [5.41, 5.74) is 2.39. The van der Waals surface area contributed by atoms with Gasteiger partial charge >= 0.3 is 0 Å². The van der Waals surface area contributed by atoms with Gasteiger partial charge in [-0.25, -0.2) is 0 Å². The molecule has 2 nitrogen and oxygen atoms in total. The zero-order valence-corrected chi connectivity index (χ0v) is 9.53. The van der Waals surface area contributed by atoms with Crippen LogP contribution in [0, 0.1) is 5.92 Å². The van der Waals surface area contributed by atoms with Crippen LogP contribution in [0.4, 0.5) is 5.69 Å². The number of carbonyl (C=O) groups is 1. The highest BCUT2D eigenvalue weighted by Crippen LogP contribution is 2.32. The Morgan fingerprint density at radius 2 is 2.07 bits per heavy atom. The number of para-hydroxylation sites is 1. The van der Waals surface area contributed by atoms with Crippen LogP contribution in [0.2, 0.25) is 0 Å². The lowest BCUT2D eigenvalue weighted by Crippen LogP contribution is -2.38. The van der Waals surface area contributed by atoms with E-state index in [1.807, 2.05) is 36.9 Å². The maximum atomic E-state index is 12.0. The molecule has 2 rings (SSSR count). The van der Waals surface area contributed by atoms with Crippen molar-refractivity contribution in [2.24, 2.45) is 5.92 Å². The summed E-state index contributed by atoms with van der Waals surface area (Å²) in [6, 6.07) is 8.49. The second-order valence-electron chi connectivity index (χ2n) is 4.54. The standard InChI is InChI=1S/C13H17NO/c1-9(2)13(15)14-10(3)8-11-6-4-5-7-12(11)14/h4-7,9-10H,8H2,1-3H3/t10-/m0/s1. The summed E-state index contributed by atoms with van der Waals surface area (Å²) in [6.45, 7) is 6.02. The van der Waals surface area contributed by atoms with Gasteiger partial charge in [0, 0.05) is 17.6 Å². The Hall–Kier alpha value is -1.31. The summed E-state index contributed by atoms with van der Waals surface area (Å²) in [5, 5.41) is 0. The molecule has 1 amide bonds. The summed E-state index contributed by atoms with van der Waals surface area (Å²) in [5.74, 6) is 0.297. The maximum absolute atomic E-state index is 12.0. The van der Waals surface area contributed by atoms with Gasteiger partial charge in [0.2, 0.25) is 5.91 Å². The van der Waals surface area contributed by atoms with Gasteiger partial charge in [0.25, 0.3) is 0 Å². The molecule has 0 saturated heterocycles. The lowest BCUT2D eigenvalue weighted by Gasteiger charge is -2.24. The van der Waals surface area contributed by atoms with Gasteiger partial charge in [-0.3, -0.25) is 4.79 Å². The molecular weight excluding hydrogens is 186 g/mol. The number of benzene rings is 1. The van der Waals surface area contributed by atoms with Crippen LogP contribution in [-0.4, -0.2) is 11.9 Å². The lowest BCUT2D eigenvalue weighted by molar-refractivity contribution is -0.121. The van der Waals surface area contributed by atoms with Crippen molar-refractivity contribution in [2.75, 3.05) is 4.90 Å². The second kappa shape index (κ2) is 3.69. The van der Waals surface area contributed by atoms with Crippen molar-refractivity contribution < 1.29 is 4.79 Å². The Kier molecular flexibility index (Phi) is 2.51. The normalized spacial score (nSPS) is 19.5. The van der Waals surface area contributed by atoms with Crippen molar-refractivity contribution in [1.29, 1.82) is 0 Å². The molecule has 1 heterocycles. The zero-order valence-electron chi connectivity index (χ0n) is 9.53. The van der Waals surface area contributed by atoms with E-state index < -0.39 is 0 Å². The molecule has 0 unspecified atom stereocenters. The van der Waals surface area contributed by atoms with E-state index in [1.165, 1.54) is 5.56 Å². The molecule has 0 N–H and O–H groups in total. The number of anilines is 1. The van der Waals surface area contributed by atoms with Crippen LogP contribution >= 0.6 is 0 Å². The largest absolute Gasteiger partial charge is 0.309 e. The predicted octanol–water partition coefficient (Wildman–Crippen LogP) is 2.62. The number of fused-ring (bicyclic) bond motifs is 1. The average Bonchev–Trinajstić information content (AvgIpc) is 2.52. The molecular formula is C13H17NO. The van der Waals surface area contributed by atoms with Crippen LogP contribution in [0.5, 0.6) is 0 Å². The first kappa shape index (κ1) is 10.2. The second-order valence-corrected chi connectivity index (χ2v) is 4.54. The monoisotopic (exact) mass is 203 g/mol. The number of carbonyl (C=O) groups excluding carboxylic acids is 1. The number of hydrogen-bond donors (Lipinski definition) is 0. The molecule has 0 aromatic heterocycles. The summed E-state index contributed by atoms with van der Waals surface area (Å²) < 4.78 is 0. The van der Waals surface area contributed by atoms with E-state index >= 15 is 0 Å². The first-order valence-electron chi connectivity index (χ1n) is 5.52. The van der Waals surface area contributed by atoms with Crippen LogP contribution < -0.4 is 4.90 Å². The Labute approximate surface area is 90.9 Å². The van der Waals surface area contributed by atoms with Crippen LogP contribution in [-0.2, 0) is 11.2 Å². The molecule has 1 aromatic carbocycles. The number of rotatable bonds is 1. The third-order valence-electron chi connectivity index (χ3n) is 2.94. The molecule has 0 saturated carbocycles. The minimum Gasteiger partial charge on any atom is -0.309 e. The van der Waals surface area contributed by atoms with Crippen molar-refractivity contribution in [1.82, 2.24) is 0 Å². The fraction of sp³-hybridized carbons (Fsp3) is 0.462. The average molecular weight is 203 g/mol. The van der Waals surface area contributed by atoms with Crippen molar-refractivity contribution in [2.45, 2.75) is 33.2 Å². The molecule has 1 aliphatic rings. The fourth-order valence-corrected chi connectivity index (χ4v) is 2.18. The van der Waals surface area contributed by atoms with Crippen LogP contribution in [0.1, 0.15) is 26.3 Å². The highest BCUT2D eigenvalue weighted by molar-refractivity contribution is 5.97. The van der Waals surface area contributed by atoms with Crippen molar-refractivity contribution in [3.63, 3.8) is 0 Å². The van der Waals surface area contributed by atoms with Crippen molar-refractivity contribution in [3.8, 4) is 0 Å². The minimum absolute atomic E-state index is 0.0682. The summed E-state index contributed by atoms with van der Waals surface area (Å²) in [6.07, 6.45) is 0.981. The molecule has 0 fully saturated rings. The van der Waals surface area contributed by atoms with Gasteiger partial charge in [-0.05, 0) is 25.0 Å². The van der Waals surface area contributed by atoms with Crippen LogP contribution in [0.15, 0.2) is 24.3 Å². The highest BCUT2D eigenvalue weighted by Gasteiger charge is 2.31. The Morgan fingerprint density at radius 3 is 2.73 bits per heavy atom. The molecule has 1 aliphatic heterocycles. The summed E-state index contributed by atoms with van der Waals surface area (Å²) >= 11 is 0. The van der Waals surface area contributed by atoms with Gasteiger partial charge in [-0.1, -0.05) is 32.0 Å². The van der Waals surface area contributed by atoms with E-state index in [4.69, 9.17) is 0 Å². The van der Waals surface area contributed by atoms with E-state index in [9.17, 15) is 4.79 Å². The van der Waals surface area contributed by atoms with Crippen molar-refractivity contribution in [3.05, 3.63) is 29.8 Å². The molecule has 80 valence electrons. The Bertz CT molecular complexity index is 384. The summed E-state index contributed by atoms with van der Waals surface area (Å²) in [7, 11) is 0. The summed E-state index contributed by atoms with van der Waals surface area (Å²) in [4.78, 5) is 14.0. The zero-order chi connectivity index (χ0) is 11.0. The van der Waals surface area contributed by atoms with Crippen LogP contribution in [0.3, 0.4) is 0 Å². The minimum atomic E-state index is 0.0682. The quantitative estimate of drug-likeness (QED) is 0.687. The van der Waals surface area contributed by atoms with Gasteiger partial charge in [0.1, 0.15) is 0 Å². The third kappa shape index (κ3) is 1.65. The maximum Gasteiger partial charge on any atom is 0.229 e. The van der Waals surface area contributed by atoms with Crippen molar-refractivity contribution >= 4 is 11.6 Å². The molecule has 0 spiro atoms. The molecule has 0 aliphatic carbocycles. The topological polar surface area (TPSA) is 20.3 Å². The molecule has 15 heavy (non-hydrogen) atoms. The smallest absolute Gasteiger partial charge is 0.229 e. The number of amides is 1. The molecule has 0 bridgehead atoms. The third-order valence-corrected chi connectivity index (χ3v) is 2.94. The fourth-order valence-electron chi connectivity index (χ4n) is 2.18. The van der Waals surface area contributed by atoms with E-state index in [1.54, 1.807) is 0 Å². The predicted molar refractivity (Wildman–Crippen MR) is 61.9 cm³/mol. The molecule has 0 radical (unpaired) electrons. The SMILES string of the molecule is CC(C)C(=O)N1c2ccccc2C[C@@H]1C.